The van der Waals surface area contributed by atoms with Crippen molar-refractivity contribution in [3.05, 3.63) is 33.3 Å². The summed E-state index contributed by atoms with van der Waals surface area (Å²) in [4.78, 5) is 15.7. The van der Waals surface area contributed by atoms with E-state index in [-0.39, 0.29) is 0 Å². The van der Waals surface area contributed by atoms with Gasteiger partial charge in [-0.1, -0.05) is 22.0 Å². The van der Waals surface area contributed by atoms with Gasteiger partial charge in [-0.3, -0.25) is 4.98 Å². The molecule has 0 N–H and O–H groups in total. The maximum absolute atomic E-state index is 11.4. The first-order valence-corrected chi connectivity index (χ1v) is 7.10. The molecule has 1 aromatic heterocycles. The van der Waals surface area contributed by atoms with Crippen molar-refractivity contribution < 1.29 is 14.3 Å². The van der Waals surface area contributed by atoms with Crippen LogP contribution in [0.3, 0.4) is 0 Å². The summed E-state index contributed by atoms with van der Waals surface area (Å²) in [5.41, 5.74) is 0.680. The Balaban J connectivity index is 2.51. The summed E-state index contributed by atoms with van der Waals surface area (Å²) in [6.07, 6.45) is 0.976. The largest absolute Gasteiger partial charge is 0.476 e. The van der Waals surface area contributed by atoms with E-state index in [9.17, 15) is 4.79 Å². The quantitative estimate of drug-likeness (QED) is 0.752. The van der Waals surface area contributed by atoms with E-state index in [4.69, 9.17) is 4.74 Å². The van der Waals surface area contributed by atoms with Gasteiger partial charge in [0.1, 0.15) is 5.52 Å². The van der Waals surface area contributed by atoms with Crippen LogP contribution in [-0.4, -0.2) is 24.2 Å². The smallest absolute Gasteiger partial charge is 0.346 e. The van der Waals surface area contributed by atoms with E-state index in [2.05, 4.69) is 41.6 Å². The monoisotopic (exact) mass is 387 g/mol. The highest BCUT2D eigenvalue weighted by Crippen LogP contribution is 2.37. The normalized spacial score (nSPS) is 12.2. The van der Waals surface area contributed by atoms with Crippen LogP contribution in [0.1, 0.15) is 6.92 Å². The van der Waals surface area contributed by atoms with Crippen molar-refractivity contribution >= 4 is 48.7 Å². The minimum Gasteiger partial charge on any atom is -0.476 e. The lowest BCUT2D eigenvalue weighted by atomic mass is 10.2. The van der Waals surface area contributed by atoms with Gasteiger partial charge in [0.2, 0.25) is 0 Å². The number of carbonyl (C=O) groups excluding carboxylic acids is 1. The Hall–Kier alpha value is -1.14. The highest BCUT2D eigenvalue weighted by Gasteiger charge is 2.19. The molecule has 19 heavy (non-hydrogen) atoms. The number of rotatable bonds is 3. The average Bonchev–Trinajstić information content (AvgIpc) is 2.42. The van der Waals surface area contributed by atoms with E-state index >= 15 is 0 Å². The van der Waals surface area contributed by atoms with Crippen LogP contribution >= 0.6 is 31.9 Å². The SMILES string of the molecule is COC(=O)[C@@H](C)Oc1c(Br)cc(Br)c2cccnc12. The van der Waals surface area contributed by atoms with Crippen molar-refractivity contribution in [1.29, 1.82) is 0 Å². The van der Waals surface area contributed by atoms with Crippen LogP contribution in [0.15, 0.2) is 33.3 Å². The van der Waals surface area contributed by atoms with E-state index < -0.39 is 12.1 Å². The predicted octanol–water partition coefficient (Wildman–Crippen LogP) is 3.70. The van der Waals surface area contributed by atoms with Gasteiger partial charge >= 0.3 is 5.97 Å². The lowest BCUT2D eigenvalue weighted by Gasteiger charge is -2.15. The molecule has 1 heterocycles. The molecule has 2 aromatic rings. The van der Waals surface area contributed by atoms with Gasteiger partial charge in [-0.2, -0.15) is 0 Å². The van der Waals surface area contributed by atoms with Crippen LogP contribution in [0.4, 0.5) is 0 Å². The molecule has 1 atom stereocenters. The zero-order valence-corrected chi connectivity index (χ0v) is 13.5. The minimum absolute atomic E-state index is 0.432. The van der Waals surface area contributed by atoms with E-state index in [1.165, 1.54) is 7.11 Å². The highest BCUT2D eigenvalue weighted by molar-refractivity contribution is 9.11. The maximum Gasteiger partial charge on any atom is 0.346 e. The number of hydrogen-bond donors (Lipinski definition) is 0. The minimum atomic E-state index is -0.701. The highest BCUT2D eigenvalue weighted by atomic mass is 79.9. The molecule has 2 rings (SSSR count). The van der Waals surface area contributed by atoms with Gasteiger partial charge in [-0.25, -0.2) is 4.79 Å². The second-order valence-electron chi connectivity index (χ2n) is 3.85. The number of ether oxygens (including phenoxy) is 2. The lowest BCUT2D eigenvalue weighted by molar-refractivity contribution is -0.147. The number of benzene rings is 1. The van der Waals surface area contributed by atoms with Crippen LogP contribution in [0.2, 0.25) is 0 Å². The van der Waals surface area contributed by atoms with E-state index in [1.54, 1.807) is 13.1 Å². The zero-order valence-electron chi connectivity index (χ0n) is 10.3. The van der Waals surface area contributed by atoms with Gasteiger partial charge in [0.25, 0.3) is 0 Å². The van der Waals surface area contributed by atoms with E-state index in [0.29, 0.717) is 11.3 Å². The van der Waals surface area contributed by atoms with Crippen molar-refractivity contribution in [2.24, 2.45) is 0 Å². The molecular weight excluding hydrogens is 378 g/mol. The Kier molecular flexibility index (Phi) is 4.42. The lowest BCUT2D eigenvalue weighted by Crippen LogP contribution is -2.25. The van der Waals surface area contributed by atoms with Crippen molar-refractivity contribution in [1.82, 2.24) is 4.98 Å². The molecule has 4 nitrogen and oxygen atoms in total. The molecule has 0 unspecified atom stereocenters. The number of nitrogens with zero attached hydrogens (tertiary/aromatic N) is 1. The van der Waals surface area contributed by atoms with Crippen LogP contribution in [-0.2, 0) is 9.53 Å². The number of aromatic nitrogens is 1. The summed E-state index contributed by atoms with van der Waals surface area (Å²) in [6.45, 7) is 1.63. The summed E-state index contributed by atoms with van der Waals surface area (Å²) in [7, 11) is 1.33. The van der Waals surface area contributed by atoms with E-state index in [0.717, 1.165) is 14.3 Å². The van der Waals surface area contributed by atoms with Crippen LogP contribution in [0, 0.1) is 0 Å². The van der Waals surface area contributed by atoms with Gasteiger partial charge < -0.3 is 9.47 Å². The molecule has 0 bridgehead atoms. The Morgan fingerprint density at radius 2 is 2.11 bits per heavy atom. The third kappa shape index (κ3) is 2.90. The third-order valence-electron chi connectivity index (χ3n) is 2.58. The fraction of sp³-hybridized carbons (Fsp3) is 0.231. The van der Waals surface area contributed by atoms with Gasteiger partial charge in [0.15, 0.2) is 11.9 Å². The van der Waals surface area contributed by atoms with Gasteiger partial charge in [-0.05, 0) is 35.0 Å². The second kappa shape index (κ2) is 5.88. The molecular formula is C13H11Br2NO3. The van der Waals surface area contributed by atoms with Crippen molar-refractivity contribution in [3.8, 4) is 5.75 Å². The summed E-state index contributed by atoms with van der Waals surface area (Å²) < 4.78 is 11.9. The fourth-order valence-electron chi connectivity index (χ4n) is 1.65. The molecule has 0 radical (unpaired) electrons. The molecule has 100 valence electrons. The predicted molar refractivity (Wildman–Crippen MR) is 79.2 cm³/mol. The van der Waals surface area contributed by atoms with E-state index in [1.807, 2.05) is 18.2 Å². The first-order valence-electron chi connectivity index (χ1n) is 5.51. The first kappa shape index (κ1) is 14.3. The van der Waals surface area contributed by atoms with Crippen LogP contribution < -0.4 is 4.74 Å². The summed E-state index contributed by atoms with van der Waals surface area (Å²) in [6, 6.07) is 5.63. The van der Waals surface area contributed by atoms with Crippen molar-refractivity contribution in [2.45, 2.75) is 13.0 Å². The standard InChI is InChI=1S/C13H11Br2NO3/c1-7(13(17)18-2)19-12-10(15)6-9(14)8-4-3-5-16-11(8)12/h3-7H,1-2H3/t7-/m1/s1. The summed E-state index contributed by atoms with van der Waals surface area (Å²) in [5.74, 6) is 0.0931. The zero-order chi connectivity index (χ0) is 14.0. The van der Waals surface area contributed by atoms with Crippen molar-refractivity contribution in [3.63, 3.8) is 0 Å². The molecule has 6 heteroatoms. The maximum atomic E-state index is 11.4. The molecule has 0 saturated carbocycles. The average molecular weight is 389 g/mol. The van der Waals surface area contributed by atoms with Gasteiger partial charge in [0, 0.05) is 16.1 Å². The Bertz CT molecular complexity index is 631. The molecule has 1 aromatic carbocycles. The molecule has 0 spiro atoms. The Morgan fingerprint density at radius 1 is 1.37 bits per heavy atom. The Labute approximate surface area is 127 Å². The van der Waals surface area contributed by atoms with Crippen molar-refractivity contribution in [2.75, 3.05) is 7.11 Å². The first-order chi connectivity index (χ1) is 9.04. The fourth-order valence-corrected chi connectivity index (χ4v) is 3.02. The van der Waals surface area contributed by atoms with Gasteiger partial charge in [0.05, 0.1) is 11.6 Å². The number of pyridine rings is 1. The molecule has 0 fully saturated rings. The molecule has 0 amide bonds. The summed E-state index contributed by atoms with van der Waals surface area (Å²) in [5, 5.41) is 0.915. The molecule has 0 aliphatic rings. The molecule has 0 aliphatic carbocycles. The number of carbonyl (C=O) groups is 1. The topological polar surface area (TPSA) is 48.4 Å². The Morgan fingerprint density at radius 3 is 2.79 bits per heavy atom. The number of halogens is 2. The van der Waals surface area contributed by atoms with Crippen LogP contribution in [0.5, 0.6) is 5.75 Å². The summed E-state index contributed by atoms with van der Waals surface area (Å²) >= 11 is 6.89. The van der Waals surface area contributed by atoms with Gasteiger partial charge in [-0.15, -0.1) is 0 Å². The number of esters is 1. The third-order valence-corrected chi connectivity index (χ3v) is 3.82. The number of methoxy groups -OCH3 is 1. The number of fused-ring (bicyclic) bond motifs is 1. The number of hydrogen-bond acceptors (Lipinski definition) is 4. The van der Waals surface area contributed by atoms with Crippen LogP contribution in [0.25, 0.3) is 10.9 Å². The second-order valence-corrected chi connectivity index (χ2v) is 5.56. The molecule has 0 saturated heterocycles. The molecule has 0 aliphatic heterocycles.